The molecular formula is C12H17N3OS. The molecule has 0 bridgehead atoms. The molecule has 0 radical (unpaired) electrons. The summed E-state index contributed by atoms with van der Waals surface area (Å²) in [6.45, 7) is 4.45. The van der Waals surface area contributed by atoms with E-state index in [2.05, 4.69) is 13.0 Å². The molecule has 0 unspecified atom stereocenters. The lowest BCUT2D eigenvalue weighted by atomic mass is 10.2. The zero-order chi connectivity index (χ0) is 13.0. The SMILES string of the molecule is CCCCN(C)c1sc(C(C)=O)c(N)c1C#N. The average Bonchev–Trinajstić information content (AvgIpc) is 2.63. The molecular weight excluding hydrogens is 234 g/mol. The topological polar surface area (TPSA) is 70.1 Å². The van der Waals surface area contributed by atoms with Gasteiger partial charge in [-0.15, -0.1) is 11.3 Å². The number of nitriles is 1. The third-order valence-electron chi connectivity index (χ3n) is 2.55. The lowest BCUT2D eigenvalue weighted by molar-refractivity contribution is 0.102. The van der Waals surface area contributed by atoms with Gasteiger partial charge in [0.05, 0.1) is 10.6 Å². The van der Waals surface area contributed by atoms with E-state index in [0.29, 0.717) is 16.1 Å². The second-order valence-corrected chi connectivity index (χ2v) is 4.97. The molecule has 2 N–H and O–H groups in total. The molecule has 0 saturated heterocycles. The summed E-state index contributed by atoms with van der Waals surface area (Å²) in [4.78, 5) is 13.9. The Morgan fingerprint density at radius 3 is 2.71 bits per heavy atom. The van der Waals surface area contributed by atoms with Crippen LogP contribution in [0.1, 0.15) is 41.9 Å². The first-order valence-corrected chi connectivity index (χ1v) is 6.39. The number of Topliss-reactive ketones (excluding diaryl/α,β-unsaturated/α-hetero) is 1. The number of ketones is 1. The Kier molecular flexibility index (Phi) is 4.53. The van der Waals surface area contributed by atoms with E-state index in [1.165, 1.54) is 18.3 Å². The van der Waals surface area contributed by atoms with Crippen LogP contribution in [-0.4, -0.2) is 19.4 Å². The van der Waals surface area contributed by atoms with Gasteiger partial charge in [-0.3, -0.25) is 4.79 Å². The number of anilines is 2. The summed E-state index contributed by atoms with van der Waals surface area (Å²) in [6.07, 6.45) is 2.14. The predicted octanol–water partition coefficient (Wildman–Crippen LogP) is 2.64. The van der Waals surface area contributed by atoms with Gasteiger partial charge in [0.15, 0.2) is 5.78 Å². The minimum absolute atomic E-state index is 0.0841. The molecule has 0 aliphatic carbocycles. The third-order valence-corrected chi connectivity index (χ3v) is 3.97. The van der Waals surface area contributed by atoms with Crippen LogP contribution in [0.5, 0.6) is 0 Å². The summed E-state index contributed by atoms with van der Waals surface area (Å²) in [6, 6.07) is 2.09. The smallest absolute Gasteiger partial charge is 0.171 e. The molecule has 0 aliphatic rings. The second-order valence-electron chi connectivity index (χ2n) is 3.97. The Morgan fingerprint density at radius 1 is 1.59 bits per heavy atom. The first-order valence-electron chi connectivity index (χ1n) is 5.57. The highest BCUT2D eigenvalue weighted by Gasteiger charge is 2.20. The van der Waals surface area contributed by atoms with Gasteiger partial charge in [0.2, 0.25) is 0 Å². The molecule has 0 amide bonds. The van der Waals surface area contributed by atoms with Crippen LogP contribution in [0, 0.1) is 11.3 Å². The normalized spacial score (nSPS) is 10.0. The molecule has 0 saturated carbocycles. The fraction of sp³-hybridized carbons (Fsp3) is 0.500. The first-order chi connectivity index (χ1) is 8.02. The summed E-state index contributed by atoms with van der Waals surface area (Å²) in [5, 5.41) is 9.90. The molecule has 0 spiro atoms. The molecule has 5 heteroatoms. The highest BCUT2D eigenvalue weighted by atomic mass is 32.1. The molecule has 0 aliphatic heterocycles. The number of unbranched alkanes of at least 4 members (excludes halogenated alkanes) is 1. The summed E-state index contributed by atoms with van der Waals surface area (Å²) in [5.74, 6) is -0.0841. The van der Waals surface area contributed by atoms with Crippen molar-refractivity contribution in [3.8, 4) is 6.07 Å². The zero-order valence-electron chi connectivity index (χ0n) is 10.4. The van der Waals surface area contributed by atoms with E-state index in [1.54, 1.807) is 0 Å². The van der Waals surface area contributed by atoms with Crippen LogP contribution in [0.3, 0.4) is 0 Å². The number of nitrogen functional groups attached to an aromatic ring is 1. The van der Waals surface area contributed by atoms with Gasteiger partial charge in [-0.1, -0.05) is 13.3 Å². The maximum atomic E-state index is 11.4. The maximum absolute atomic E-state index is 11.4. The largest absolute Gasteiger partial charge is 0.396 e. The van der Waals surface area contributed by atoms with Crippen molar-refractivity contribution in [2.45, 2.75) is 26.7 Å². The van der Waals surface area contributed by atoms with E-state index in [-0.39, 0.29) is 5.78 Å². The van der Waals surface area contributed by atoms with Gasteiger partial charge in [-0.05, 0) is 6.42 Å². The number of nitrogens with two attached hydrogens (primary N) is 1. The highest BCUT2D eigenvalue weighted by molar-refractivity contribution is 7.19. The Hall–Kier alpha value is -1.54. The van der Waals surface area contributed by atoms with E-state index >= 15 is 0 Å². The number of rotatable bonds is 5. The molecule has 1 rings (SSSR count). The van der Waals surface area contributed by atoms with Crippen LogP contribution < -0.4 is 10.6 Å². The van der Waals surface area contributed by atoms with Gasteiger partial charge >= 0.3 is 0 Å². The van der Waals surface area contributed by atoms with E-state index in [1.807, 2.05) is 11.9 Å². The minimum Gasteiger partial charge on any atom is -0.396 e. The van der Waals surface area contributed by atoms with Crippen molar-refractivity contribution in [2.24, 2.45) is 0 Å². The highest BCUT2D eigenvalue weighted by Crippen LogP contribution is 2.37. The maximum Gasteiger partial charge on any atom is 0.171 e. The quantitative estimate of drug-likeness (QED) is 0.817. The standard InChI is InChI=1S/C12H17N3OS/c1-4-5-6-15(3)12-9(7-13)10(14)11(17-12)8(2)16/h4-6,14H2,1-3H3. The molecule has 0 atom stereocenters. The average molecular weight is 251 g/mol. The summed E-state index contributed by atoms with van der Waals surface area (Å²) < 4.78 is 0. The Balaban J connectivity index is 3.11. The molecule has 4 nitrogen and oxygen atoms in total. The minimum atomic E-state index is -0.0841. The van der Waals surface area contributed by atoms with Crippen molar-refractivity contribution in [2.75, 3.05) is 24.2 Å². The van der Waals surface area contributed by atoms with Crippen molar-refractivity contribution in [3.05, 3.63) is 10.4 Å². The van der Waals surface area contributed by atoms with Crippen LogP contribution in [0.25, 0.3) is 0 Å². The van der Waals surface area contributed by atoms with Crippen LogP contribution in [-0.2, 0) is 0 Å². The number of nitrogens with zero attached hydrogens (tertiary/aromatic N) is 2. The van der Waals surface area contributed by atoms with Crippen LogP contribution in [0.2, 0.25) is 0 Å². The molecule has 17 heavy (non-hydrogen) atoms. The van der Waals surface area contributed by atoms with Gasteiger partial charge in [0.1, 0.15) is 16.6 Å². The van der Waals surface area contributed by atoms with E-state index in [4.69, 9.17) is 11.0 Å². The van der Waals surface area contributed by atoms with Gasteiger partial charge in [-0.2, -0.15) is 5.26 Å². The lowest BCUT2D eigenvalue weighted by Gasteiger charge is -2.16. The molecule has 1 heterocycles. The Morgan fingerprint density at radius 2 is 2.24 bits per heavy atom. The monoisotopic (exact) mass is 251 g/mol. The Bertz CT molecular complexity index is 459. The Labute approximate surface area is 106 Å². The number of carbonyl (C=O) groups excluding carboxylic acids is 1. The predicted molar refractivity (Wildman–Crippen MR) is 71.6 cm³/mol. The lowest BCUT2D eigenvalue weighted by Crippen LogP contribution is -2.18. The van der Waals surface area contributed by atoms with Crippen LogP contribution >= 0.6 is 11.3 Å². The fourth-order valence-electron chi connectivity index (χ4n) is 1.57. The van der Waals surface area contributed by atoms with Gasteiger partial charge in [-0.25, -0.2) is 0 Å². The molecule has 1 aromatic rings. The summed E-state index contributed by atoms with van der Waals surface area (Å²) >= 11 is 1.31. The van der Waals surface area contributed by atoms with Gasteiger partial charge in [0.25, 0.3) is 0 Å². The second kappa shape index (κ2) is 5.69. The van der Waals surface area contributed by atoms with Crippen LogP contribution in [0.4, 0.5) is 10.7 Å². The van der Waals surface area contributed by atoms with Crippen LogP contribution in [0.15, 0.2) is 0 Å². The van der Waals surface area contributed by atoms with Crippen molar-refractivity contribution < 1.29 is 4.79 Å². The van der Waals surface area contributed by atoms with Crippen molar-refractivity contribution in [3.63, 3.8) is 0 Å². The van der Waals surface area contributed by atoms with E-state index < -0.39 is 0 Å². The van der Waals surface area contributed by atoms with Gasteiger partial charge < -0.3 is 10.6 Å². The van der Waals surface area contributed by atoms with Crippen molar-refractivity contribution in [1.29, 1.82) is 5.26 Å². The number of carbonyl (C=O) groups is 1. The molecule has 1 aromatic heterocycles. The summed E-state index contributed by atoms with van der Waals surface area (Å²) in [7, 11) is 1.92. The fourth-order valence-corrected chi connectivity index (χ4v) is 2.62. The van der Waals surface area contributed by atoms with Gasteiger partial charge in [0, 0.05) is 20.5 Å². The van der Waals surface area contributed by atoms with Crippen molar-refractivity contribution in [1.82, 2.24) is 0 Å². The zero-order valence-corrected chi connectivity index (χ0v) is 11.2. The van der Waals surface area contributed by atoms with E-state index in [0.717, 1.165) is 24.4 Å². The van der Waals surface area contributed by atoms with E-state index in [9.17, 15) is 4.79 Å². The number of thiophene rings is 1. The number of hydrogen-bond acceptors (Lipinski definition) is 5. The first kappa shape index (κ1) is 13.5. The molecule has 0 aromatic carbocycles. The molecule has 0 fully saturated rings. The third kappa shape index (κ3) is 2.77. The van der Waals surface area contributed by atoms with Crippen molar-refractivity contribution >= 4 is 27.8 Å². The summed E-state index contributed by atoms with van der Waals surface area (Å²) in [5.41, 5.74) is 6.57. The molecule has 92 valence electrons. The number of hydrogen-bond donors (Lipinski definition) is 1.